The highest BCUT2D eigenvalue weighted by Crippen LogP contribution is 2.13. The minimum absolute atomic E-state index is 0.0147. The molecule has 0 radical (unpaired) electrons. The highest BCUT2D eigenvalue weighted by Gasteiger charge is 2.12. The molecular formula is C12H22O3. The Bertz CT molecular complexity index is 162. The molecule has 0 aromatic rings. The van der Waals surface area contributed by atoms with Crippen molar-refractivity contribution in [2.45, 2.75) is 44.8 Å². The molecule has 3 heteroatoms. The van der Waals surface area contributed by atoms with Crippen LogP contribution in [0.2, 0.25) is 0 Å². The summed E-state index contributed by atoms with van der Waals surface area (Å²) in [4.78, 5) is 0. The van der Waals surface area contributed by atoms with E-state index in [9.17, 15) is 0 Å². The number of ether oxygens (including phenoxy) is 2. The van der Waals surface area contributed by atoms with Crippen LogP contribution in [0.25, 0.3) is 0 Å². The predicted octanol–water partition coefficient (Wildman–Crippen LogP) is 2.25. The molecule has 1 heterocycles. The van der Waals surface area contributed by atoms with Gasteiger partial charge in [-0.1, -0.05) is 12.2 Å². The molecule has 15 heavy (non-hydrogen) atoms. The first-order valence-electron chi connectivity index (χ1n) is 5.92. The first-order valence-corrected chi connectivity index (χ1v) is 5.92. The van der Waals surface area contributed by atoms with Crippen LogP contribution in [-0.2, 0) is 9.47 Å². The van der Waals surface area contributed by atoms with E-state index in [1.807, 2.05) is 6.08 Å². The van der Waals surface area contributed by atoms with E-state index < -0.39 is 0 Å². The second-order valence-electron chi connectivity index (χ2n) is 3.82. The van der Waals surface area contributed by atoms with Gasteiger partial charge in [-0.25, -0.2) is 0 Å². The van der Waals surface area contributed by atoms with Crippen molar-refractivity contribution < 1.29 is 14.6 Å². The van der Waals surface area contributed by atoms with Crippen LogP contribution in [0.3, 0.4) is 0 Å². The van der Waals surface area contributed by atoms with E-state index in [1.165, 1.54) is 6.42 Å². The van der Waals surface area contributed by atoms with E-state index in [0.717, 1.165) is 38.7 Å². The van der Waals surface area contributed by atoms with E-state index in [2.05, 4.69) is 6.08 Å². The Kier molecular flexibility index (Phi) is 7.52. The van der Waals surface area contributed by atoms with E-state index in [1.54, 1.807) is 0 Å². The van der Waals surface area contributed by atoms with Gasteiger partial charge in [0.05, 0.1) is 6.61 Å². The number of rotatable bonds is 7. The standard InChI is InChI=1S/C12H22O3/c13-9-5-2-1-3-6-10-14-12-8-4-7-11-15-12/h3,6,12-13H,1-2,4-5,7-11H2/b6-3+. The third-order valence-corrected chi connectivity index (χ3v) is 2.46. The summed E-state index contributed by atoms with van der Waals surface area (Å²) >= 11 is 0. The van der Waals surface area contributed by atoms with Crippen molar-refractivity contribution in [3.05, 3.63) is 12.2 Å². The smallest absolute Gasteiger partial charge is 0.157 e. The lowest BCUT2D eigenvalue weighted by Gasteiger charge is -2.21. The summed E-state index contributed by atoms with van der Waals surface area (Å²) in [5, 5.41) is 8.57. The van der Waals surface area contributed by atoms with Crippen LogP contribution in [0.4, 0.5) is 0 Å². The average Bonchev–Trinajstić information content (AvgIpc) is 2.29. The van der Waals surface area contributed by atoms with Crippen molar-refractivity contribution in [3.8, 4) is 0 Å². The number of hydrogen-bond donors (Lipinski definition) is 1. The van der Waals surface area contributed by atoms with Crippen molar-refractivity contribution in [1.82, 2.24) is 0 Å². The van der Waals surface area contributed by atoms with E-state index in [4.69, 9.17) is 14.6 Å². The van der Waals surface area contributed by atoms with Crippen LogP contribution < -0.4 is 0 Å². The van der Waals surface area contributed by atoms with Gasteiger partial charge in [-0.15, -0.1) is 0 Å². The molecule has 88 valence electrons. The second kappa shape index (κ2) is 8.89. The molecule has 0 spiro atoms. The van der Waals surface area contributed by atoms with Gasteiger partial charge in [0.25, 0.3) is 0 Å². The highest BCUT2D eigenvalue weighted by atomic mass is 16.7. The van der Waals surface area contributed by atoms with Gasteiger partial charge < -0.3 is 14.6 Å². The number of aliphatic hydroxyl groups is 1. The molecule has 1 N–H and O–H groups in total. The molecule has 3 nitrogen and oxygen atoms in total. The summed E-state index contributed by atoms with van der Waals surface area (Å²) < 4.78 is 11.0. The van der Waals surface area contributed by atoms with Gasteiger partial charge in [0.1, 0.15) is 0 Å². The van der Waals surface area contributed by atoms with Crippen LogP contribution in [-0.4, -0.2) is 31.2 Å². The van der Waals surface area contributed by atoms with Gasteiger partial charge in [0.2, 0.25) is 0 Å². The van der Waals surface area contributed by atoms with Crippen molar-refractivity contribution in [2.24, 2.45) is 0 Å². The largest absolute Gasteiger partial charge is 0.396 e. The first-order chi connectivity index (χ1) is 7.43. The molecule has 0 aliphatic carbocycles. The zero-order valence-corrected chi connectivity index (χ0v) is 9.36. The maximum absolute atomic E-state index is 8.57. The van der Waals surface area contributed by atoms with Crippen molar-refractivity contribution in [2.75, 3.05) is 19.8 Å². The van der Waals surface area contributed by atoms with Crippen LogP contribution in [0.1, 0.15) is 38.5 Å². The summed E-state index contributed by atoms with van der Waals surface area (Å²) in [5.41, 5.74) is 0. The van der Waals surface area contributed by atoms with Crippen molar-refractivity contribution in [1.29, 1.82) is 0 Å². The number of hydrogen-bond acceptors (Lipinski definition) is 3. The van der Waals surface area contributed by atoms with Gasteiger partial charge in [-0.05, 0) is 38.5 Å². The van der Waals surface area contributed by atoms with Gasteiger partial charge in [-0.3, -0.25) is 0 Å². The molecule has 0 aromatic heterocycles. The summed E-state index contributed by atoms with van der Waals surface area (Å²) in [7, 11) is 0. The third-order valence-electron chi connectivity index (χ3n) is 2.46. The second-order valence-corrected chi connectivity index (χ2v) is 3.82. The molecule has 1 aliphatic heterocycles. The fourth-order valence-electron chi connectivity index (χ4n) is 1.57. The summed E-state index contributed by atoms with van der Waals surface area (Å²) in [6.45, 7) is 1.77. The SMILES string of the molecule is OCCCC/C=C/COC1CCCCO1. The lowest BCUT2D eigenvalue weighted by molar-refractivity contribution is -0.155. The predicted molar refractivity (Wildman–Crippen MR) is 59.6 cm³/mol. The highest BCUT2D eigenvalue weighted by molar-refractivity contribution is 4.81. The lowest BCUT2D eigenvalue weighted by atomic mass is 10.2. The molecule has 0 saturated carbocycles. The number of unbranched alkanes of at least 4 members (excludes halogenated alkanes) is 2. The minimum atomic E-state index is 0.0147. The van der Waals surface area contributed by atoms with Gasteiger partial charge in [-0.2, -0.15) is 0 Å². The molecule has 1 rings (SSSR count). The Morgan fingerprint density at radius 1 is 1.27 bits per heavy atom. The van der Waals surface area contributed by atoms with Gasteiger partial charge >= 0.3 is 0 Å². The molecule has 1 aliphatic rings. The Balaban J connectivity index is 1.90. The van der Waals surface area contributed by atoms with E-state index >= 15 is 0 Å². The molecule has 1 saturated heterocycles. The minimum Gasteiger partial charge on any atom is -0.396 e. The summed E-state index contributed by atoms with van der Waals surface area (Å²) in [6, 6.07) is 0. The van der Waals surface area contributed by atoms with Crippen molar-refractivity contribution in [3.63, 3.8) is 0 Å². The fourth-order valence-corrected chi connectivity index (χ4v) is 1.57. The molecule has 0 aromatic carbocycles. The number of allylic oxidation sites excluding steroid dienone is 1. The Hall–Kier alpha value is -0.380. The topological polar surface area (TPSA) is 38.7 Å². The average molecular weight is 214 g/mol. The molecule has 0 bridgehead atoms. The van der Waals surface area contributed by atoms with Crippen molar-refractivity contribution >= 4 is 0 Å². The number of aliphatic hydroxyl groups excluding tert-OH is 1. The zero-order chi connectivity index (χ0) is 10.8. The Morgan fingerprint density at radius 2 is 2.20 bits per heavy atom. The quantitative estimate of drug-likeness (QED) is 0.522. The lowest BCUT2D eigenvalue weighted by Crippen LogP contribution is -2.22. The van der Waals surface area contributed by atoms with Crippen LogP contribution in [0.15, 0.2) is 12.2 Å². The fraction of sp³-hybridized carbons (Fsp3) is 0.833. The Labute approximate surface area is 92.1 Å². The van der Waals surface area contributed by atoms with Gasteiger partial charge in [0.15, 0.2) is 6.29 Å². The maximum atomic E-state index is 8.57. The Morgan fingerprint density at radius 3 is 2.93 bits per heavy atom. The molecular weight excluding hydrogens is 192 g/mol. The normalized spacial score (nSPS) is 22.3. The monoisotopic (exact) mass is 214 g/mol. The summed E-state index contributed by atoms with van der Waals surface area (Å²) in [5.74, 6) is 0. The van der Waals surface area contributed by atoms with E-state index in [-0.39, 0.29) is 6.29 Å². The molecule has 1 unspecified atom stereocenters. The first kappa shape index (κ1) is 12.7. The summed E-state index contributed by atoms with van der Waals surface area (Å²) in [6.07, 6.45) is 10.5. The molecule has 1 fully saturated rings. The molecule has 1 atom stereocenters. The van der Waals surface area contributed by atoms with Crippen LogP contribution in [0.5, 0.6) is 0 Å². The van der Waals surface area contributed by atoms with Crippen LogP contribution >= 0.6 is 0 Å². The third kappa shape index (κ3) is 6.66. The molecule has 0 amide bonds. The maximum Gasteiger partial charge on any atom is 0.157 e. The van der Waals surface area contributed by atoms with E-state index in [0.29, 0.717) is 13.2 Å². The van der Waals surface area contributed by atoms with Crippen LogP contribution in [0, 0.1) is 0 Å². The van der Waals surface area contributed by atoms with Gasteiger partial charge in [0, 0.05) is 13.2 Å². The zero-order valence-electron chi connectivity index (χ0n) is 9.36.